The van der Waals surface area contributed by atoms with Gasteiger partial charge in [0.05, 0.1) is 0 Å². The Bertz CT molecular complexity index is 184. The summed E-state index contributed by atoms with van der Waals surface area (Å²) in [5.74, 6) is 0.507. The molecule has 21 heavy (non-hydrogen) atoms. The number of carbonyl (C=O) groups excluding carboxylic acids is 1. The first kappa shape index (κ1) is 23.5. The molecule has 0 saturated heterocycles. The molecule has 0 aromatic carbocycles. The zero-order valence-electron chi connectivity index (χ0n) is 14.6. The average molecular weight is 338 g/mol. The number of hydrogen-bond donors (Lipinski definition) is 0. The van der Waals surface area contributed by atoms with Gasteiger partial charge in [-0.25, -0.2) is 0 Å². The number of hydrogen-bond acceptors (Lipinski definition) is 1. The van der Waals surface area contributed by atoms with Gasteiger partial charge in [0.25, 0.3) is 0 Å². The first-order valence-corrected chi connectivity index (χ1v) is 9.33. The summed E-state index contributed by atoms with van der Waals surface area (Å²) in [5.41, 5.74) is 0. The van der Waals surface area contributed by atoms with E-state index in [1.165, 1.54) is 77.0 Å². The SMILES string of the molecule is CCCCCCCCCC(=O)CCCCCCCCC.[Fe]. The summed E-state index contributed by atoms with van der Waals surface area (Å²) in [4.78, 5) is 11.7. The number of Topliss-reactive ketones (excluding diaryl/α,β-unsaturated/α-hetero) is 1. The van der Waals surface area contributed by atoms with Crippen molar-refractivity contribution in [3.05, 3.63) is 0 Å². The fraction of sp³-hybridized carbons (Fsp3) is 0.947. The molecule has 1 nitrogen and oxygen atoms in total. The van der Waals surface area contributed by atoms with E-state index >= 15 is 0 Å². The summed E-state index contributed by atoms with van der Waals surface area (Å²) >= 11 is 0. The van der Waals surface area contributed by atoms with Crippen molar-refractivity contribution in [2.24, 2.45) is 0 Å². The minimum atomic E-state index is 0. The molecule has 0 fully saturated rings. The Morgan fingerprint density at radius 3 is 1.14 bits per heavy atom. The van der Waals surface area contributed by atoms with Gasteiger partial charge in [-0.2, -0.15) is 0 Å². The van der Waals surface area contributed by atoms with Crippen LogP contribution in [0.4, 0.5) is 0 Å². The number of ketones is 1. The summed E-state index contributed by atoms with van der Waals surface area (Å²) < 4.78 is 0. The molecule has 0 atom stereocenters. The predicted molar refractivity (Wildman–Crippen MR) is 90.2 cm³/mol. The van der Waals surface area contributed by atoms with Gasteiger partial charge in [-0.05, 0) is 12.8 Å². The zero-order valence-corrected chi connectivity index (χ0v) is 15.7. The van der Waals surface area contributed by atoms with Crippen molar-refractivity contribution in [3.63, 3.8) is 0 Å². The Labute approximate surface area is 144 Å². The maximum absolute atomic E-state index is 11.7. The van der Waals surface area contributed by atoms with Crippen LogP contribution < -0.4 is 0 Å². The van der Waals surface area contributed by atoms with Crippen molar-refractivity contribution in [1.29, 1.82) is 0 Å². The molecule has 0 aliphatic rings. The van der Waals surface area contributed by atoms with E-state index in [4.69, 9.17) is 0 Å². The normalized spacial score (nSPS) is 10.4. The van der Waals surface area contributed by atoms with Crippen LogP contribution in [0, 0.1) is 0 Å². The molecule has 128 valence electrons. The fourth-order valence-electron chi connectivity index (χ4n) is 2.68. The third-order valence-electron chi connectivity index (χ3n) is 4.12. The van der Waals surface area contributed by atoms with Crippen LogP contribution in [0.15, 0.2) is 0 Å². The second-order valence-electron chi connectivity index (χ2n) is 6.28. The molecular weight excluding hydrogens is 300 g/mol. The number of unbranched alkanes of at least 4 members (excludes halogenated alkanes) is 12. The molecule has 0 bridgehead atoms. The van der Waals surface area contributed by atoms with Gasteiger partial charge in [0.2, 0.25) is 0 Å². The summed E-state index contributed by atoms with van der Waals surface area (Å²) in [7, 11) is 0. The molecule has 0 aliphatic carbocycles. The van der Waals surface area contributed by atoms with Gasteiger partial charge in [0.1, 0.15) is 5.78 Å². The molecule has 2 heteroatoms. The molecular formula is C19H38FeO. The Balaban J connectivity index is 0. The quantitative estimate of drug-likeness (QED) is 0.222. The summed E-state index contributed by atoms with van der Waals surface area (Å²) in [6.07, 6.45) is 19.9. The van der Waals surface area contributed by atoms with Crippen molar-refractivity contribution in [1.82, 2.24) is 0 Å². The van der Waals surface area contributed by atoms with Crippen molar-refractivity contribution in [2.45, 2.75) is 117 Å². The second kappa shape index (κ2) is 20.2. The van der Waals surface area contributed by atoms with E-state index in [0.29, 0.717) is 5.78 Å². The zero-order chi connectivity index (χ0) is 14.9. The monoisotopic (exact) mass is 338 g/mol. The van der Waals surface area contributed by atoms with Crippen LogP contribution >= 0.6 is 0 Å². The Kier molecular flexibility index (Phi) is 22.6. The molecule has 0 aromatic heterocycles. The van der Waals surface area contributed by atoms with Crippen LogP contribution in [-0.4, -0.2) is 5.78 Å². The Morgan fingerprint density at radius 1 is 0.524 bits per heavy atom. The topological polar surface area (TPSA) is 17.1 Å². The van der Waals surface area contributed by atoms with Gasteiger partial charge in [-0.1, -0.05) is 90.9 Å². The maximum atomic E-state index is 11.7. The summed E-state index contributed by atoms with van der Waals surface area (Å²) in [6.45, 7) is 4.50. The average Bonchev–Trinajstić information content (AvgIpc) is 2.45. The van der Waals surface area contributed by atoms with E-state index in [1.54, 1.807) is 0 Å². The molecule has 0 heterocycles. The smallest absolute Gasteiger partial charge is 0.132 e. The molecule has 0 amide bonds. The van der Waals surface area contributed by atoms with Crippen LogP contribution in [0.25, 0.3) is 0 Å². The molecule has 0 aliphatic heterocycles. The molecule has 0 saturated carbocycles. The molecule has 0 spiro atoms. The van der Waals surface area contributed by atoms with E-state index in [1.807, 2.05) is 0 Å². The van der Waals surface area contributed by atoms with Gasteiger partial charge in [-0.3, -0.25) is 4.79 Å². The summed E-state index contributed by atoms with van der Waals surface area (Å²) in [5, 5.41) is 0. The number of rotatable bonds is 16. The van der Waals surface area contributed by atoms with E-state index in [9.17, 15) is 4.79 Å². The van der Waals surface area contributed by atoms with E-state index in [-0.39, 0.29) is 17.1 Å². The minimum absolute atomic E-state index is 0. The van der Waals surface area contributed by atoms with Gasteiger partial charge in [0.15, 0.2) is 0 Å². The van der Waals surface area contributed by atoms with Crippen LogP contribution in [0.3, 0.4) is 0 Å². The van der Waals surface area contributed by atoms with Gasteiger partial charge >= 0.3 is 0 Å². The van der Waals surface area contributed by atoms with E-state index in [0.717, 1.165) is 25.7 Å². The maximum Gasteiger partial charge on any atom is 0.132 e. The Hall–Kier alpha value is 0.189. The molecule has 0 radical (unpaired) electrons. The van der Waals surface area contributed by atoms with Crippen LogP contribution in [-0.2, 0) is 21.9 Å². The standard InChI is InChI=1S/C19H38O.Fe/c1-3-5-7-9-11-13-15-17-19(20)18-16-14-12-10-8-6-4-2;/h3-18H2,1-2H3;. The van der Waals surface area contributed by atoms with Gasteiger partial charge in [-0.15, -0.1) is 0 Å². The largest absolute Gasteiger partial charge is 0.300 e. The first-order valence-electron chi connectivity index (χ1n) is 9.33. The van der Waals surface area contributed by atoms with Crippen molar-refractivity contribution < 1.29 is 21.9 Å². The molecule has 0 rings (SSSR count). The van der Waals surface area contributed by atoms with Crippen LogP contribution in [0.1, 0.15) is 117 Å². The summed E-state index contributed by atoms with van der Waals surface area (Å²) in [6, 6.07) is 0. The van der Waals surface area contributed by atoms with Crippen molar-refractivity contribution >= 4 is 5.78 Å². The fourth-order valence-corrected chi connectivity index (χ4v) is 2.68. The van der Waals surface area contributed by atoms with Gasteiger partial charge < -0.3 is 0 Å². The predicted octanol–water partition coefficient (Wildman–Crippen LogP) is 6.83. The molecule has 0 unspecified atom stereocenters. The van der Waals surface area contributed by atoms with Crippen molar-refractivity contribution in [3.8, 4) is 0 Å². The third kappa shape index (κ3) is 20.2. The van der Waals surface area contributed by atoms with Crippen LogP contribution in [0.5, 0.6) is 0 Å². The van der Waals surface area contributed by atoms with Crippen LogP contribution in [0.2, 0.25) is 0 Å². The molecule has 0 N–H and O–H groups in total. The second-order valence-corrected chi connectivity index (χ2v) is 6.28. The number of carbonyl (C=O) groups is 1. The Morgan fingerprint density at radius 2 is 0.810 bits per heavy atom. The minimum Gasteiger partial charge on any atom is -0.300 e. The third-order valence-corrected chi connectivity index (χ3v) is 4.12. The van der Waals surface area contributed by atoms with Crippen molar-refractivity contribution in [2.75, 3.05) is 0 Å². The molecule has 0 aromatic rings. The van der Waals surface area contributed by atoms with E-state index < -0.39 is 0 Å². The first-order chi connectivity index (χ1) is 9.81. The van der Waals surface area contributed by atoms with E-state index in [2.05, 4.69) is 13.8 Å². The van der Waals surface area contributed by atoms with Gasteiger partial charge in [0, 0.05) is 29.9 Å².